The first-order valence-corrected chi connectivity index (χ1v) is 8.26. The van der Waals surface area contributed by atoms with Gasteiger partial charge in [-0.1, -0.05) is 15.9 Å². The van der Waals surface area contributed by atoms with E-state index in [0.717, 1.165) is 24.6 Å². The quantitative estimate of drug-likeness (QED) is 0.856. The predicted octanol–water partition coefficient (Wildman–Crippen LogP) is 1.60. The van der Waals surface area contributed by atoms with Crippen molar-refractivity contribution in [3.05, 3.63) is 12.3 Å². The Bertz CT molecular complexity index is 444. The summed E-state index contributed by atoms with van der Waals surface area (Å²) in [5.41, 5.74) is 0. The molecule has 1 aromatic heterocycles. The molecule has 2 rings (SSSR count). The molecule has 17 heavy (non-hydrogen) atoms. The lowest BCUT2D eigenvalue weighted by Gasteiger charge is -2.31. The molecule has 1 fully saturated rings. The lowest BCUT2D eigenvalue weighted by molar-refractivity contribution is 0.262. The standard InChI is InChI=1S/C10H16BrN3O2S/c11-5-3-9-2-1-7-14(8-9)17(15,16)10-4-6-12-13-10/h4,6,9H,1-3,5,7-8H2,(H,12,13). The van der Waals surface area contributed by atoms with Gasteiger partial charge < -0.3 is 0 Å². The summed E-state index contributed by atoms with van der Waals surface area (Å²) in [4.78, 5) is 0. The van der Waals surface area contributed by atoms with Gasteiger partial charge in [-0.15, -0.1) is 0 Å². The van der Waals surface area contributed by atoms with Crippen LogP contribution in [0.3, 0.4) is 0 Å². The van der Waals surface area contributed by atoms with Crippen molar-refractivity contribution >= 4 is 26.0 Å². The number of rotatable bonds is 4. The minimum Gasteiger partial charge on any atom is -0.266 e. The van der Waals surface area contributed by atoms with Crippen molar-refractivity contribution in [3.63, 3.8) is 0 Å². The molecule has 0 amide bonds. The Hall–Kier alpha value is -0.400. The fraction of sp³-hybridized carbons (Fsp3) is 0.700. The van der Waals surface area contributed by atoms with E-state index in [-0.39, 0.29) is 5.03 Å². The van der Waals surface area contributed by atoms with Gasteiger partial charge in [0.1, 0.15) is 0 Å². The van der Waals surface area contributed by atoms with Gasteiger partial charge in [-0.05, 0) is 31.2 Å². The molecule has 1 aliphatic heterocycles. The lowest BCUT2D eigenvalue weighted by atomic mass is 9.97. The summed E-state index contributed by atoms with van der Waals surface area (Å²) >= 11 is 3.41. The largest absolute Gasteiger partial charge is 0.266 e. The number of piperidine rings is 1. The molecule has 1 saturated heterocycles. The smallest absolute Gasteiger partial charge is 0.259 e. The maximum atomic E-state index is 12.2. The fourth-order valence-corrected chi connectivity index (χ4v) is 4.26. The molecule has 0 saturated carbocycles. The number of hydrogen-bond donors (Lipinski definition) is 1. The normalized spacial score (nSPS) is 22.8. The first-order chi connectivity index (χ1) is 8.14. The number of H-pyrrole nitrogens is 1. The molecule has 1 unspecified atom stereocenters. The second-order valence-corrected chi connectivity index (χ2v) is 6.97. The molecule has 0 radical (unpaired) electrons. The Morgan fingerprint density at radius 2 is 2.41 bits per heavy atom. The van der Waals surface area contributed by atoms with Crippen LogP contribution in [0.2, 0.25) is 0 Å². The summed E-state index contributed by atoms with van der Waals surface area (Å²) in [6.45, 7) is 1.23. The van der Waals surface area contributed by atoms with Crippen molar-refractivity contribution in [1.29, 1.82) is 0 Å². The highest BCUT2D eigenvalue weighted by Gasteiger charge is 2.30. The second-order valence-electron chi connectivity index (χ2n) is 4.27. The Kier molecular flexibility index (Phi) is 4.22. The topological polar surface area (TPSA) is 66.1 Å². The van der Waals surface area contributed by atoms with Gasteiger partial charge in [-0.25, -0.2) is 8.42 Å². The fourth-order valence-electron chi connectivity index (χ4n) is 2.16. The molecule has 1 atom stereocenters. The molecular formula is C10H16BrN3O2S. The van der Waals surface area contributed by atoms with E-state index in [2.05, 4.69) is 26.1 Å². The molecule has 0 aromatic carbocycles. The zero-order valence-electron chi connectivity index (χ0n) is 9.47. The zero-order chi connectivity index (χ0) is 12.3. The maximum Gasteiger partial charge on any atom is 0.259 e. The van der Waals surface area contributed by atoms with Crippen LogP contribution >= 0.6 is 15.9 Å². The highest BCUT2D eigenvalue weighted by atomic mass is 79.9. The number of halogens is 1. The highest BCUT2D eigenvalue weighted by molar-refractivity contribution is 9.09. The number of sulfonamides is 1. The van der Waals surface area contributed by atoms with Crippen LogP contribution in [0.15, 0.2) is 17.3 Å². The van der Waals surface area contributed by atoms with Crippen molar-refractivity contribution in [2.75, 3.05) is 18.4 Å². The van der Waals surface area contributed by atoms with E-state index < -0.39 is 10.0 Å². The van der Waals surface area contributed by atoms with E-state index in [9.17, 15) is 8.42 Å². The molecule has 1 N–H and O–H groups in total. The van der Waals surface area contributed by atoms with Crippen LogP contribution < -0.4 is 0 Å². The molecule has 5 nitrogen and oxygen atoms in total. The van der Waals surface area contributed by atoms with E-state index in [4.69, 9.17) is 0 Å². The maximum absolute atomic E-state index is 12.2. The Labute approximate surface area is 110 Å². The highest BCUT2D eigenvalue weighted by Crippen LogP contribution is 2.24. The summed E-state index contributed by atoms with van der Waals surface area (Å²) in [7, 11) is -3.37. The average molecular weight is 322 g/mol. The minimum atomic E-state index is -3.37. The average Bonchev–Trinajstić information content (AvgIpc) is 2.84. The summed E-state index contributed by atoms with van der Waals surface area (Å²) in [5.74, 6) is 0.459. The molecule has 0 bridgehead atoms. The van der Waals surface area contributed by atoms with Crippen molar-refractivity contribution in [2.24, 2.45) is 5.92 Å². The summed E-state index contributed by atoms with van der Waals surface area (Å²) in [6, 6.07) is 1.50. The third-order valence-electron chi connectivity index (χ3n) is 3.09. The molecule has 0 spiro atoms. The Balaban J connectivity index is 2.12. The van der Waals surface area contributed by atoms with Crippen LogP contribution in [0, 0.1) is 5.92 Å². The van der Waals surface area contributed by atoms with Gasteiger partial charge in [-0.2, -0.15) is 9.40 Å². The molecular weight excluding hydrogens is 306 g/mol. The molecule has 96 valence electrons. The van der Waals surface area contributed by atoms with Crippen LogP contribution in [0.25, 0.3) is 0 Å². The lowest BCUT2D eigenvalue weighted by Crippen LogP contribution is -2.40. The van der Waals surface area contributed by atoms with E-state index in [1.165, 1.54) is 12.3 Å². The number of alkyl halides is 1. The van der Waals surface area contributed by atoms with Crippen molar-refractivity contribution in [1.82, 2.24) is 14.5 Å². The Morgan fingerprint density at radius 3 is 3.06 bits per heavy atom. The van der Waals surface area contributed by atoms with Crippen LogP contribution in [0.4, 0.5) is 0 Å². The minimum absolute atomic E-state index is 0.192. The third kappa shape index (κ3) is 2.89. The van der Waals surface area contributed by atoms with E-state index in [0.29, 0.717) is 19.0 Å². The van der Waals surface area contributed by atoms with Crippen LogP contribution in [0.1, 0.15) is 19.3 Å². The first-order valence-electron chi connectivity index (χ1n) is 5.70. The predicted molar refractivity (Wildman–Crippen MR) is 68.5 cm³/mol. The summed E-state index contributed by atoms with van der Waals surface area (Å²) < 4.78 is 26.0. The van der Waals surface area contributed by atoms with Crippen LogP contribution in [-0.2, 0) is 10.0 Å². The Morgan fingerprint density at radius 1 is 1.59 bits per heavy atom. The van der Waals surface area contributed by atoms with Crippen LogP contribution in [0.5, 0.6) is 0 Å². The van der Waals surface area contributed by atoms with Gasteiger partial charge in [0.25, 0.3) is 10.0 Å². The number of nitrogens with zero attached hydrogens (tertiary/aromatic N) is 2. The van der Waals surface area contributed by atoms with Gasteiger partial charge in [0, 0.05) is 18.4 Å². The first kappa shape index (κ1) is 13.0. The molecule has 2 heterocycles. The van der Waals surface area contributed by atoms with Gasteiger partial charge in [0.15, 0.2) is 5.03 Å². The second kappa shape index (κ2) is 5.49. The van der Waals surface area contributed by atoms with E-state index in [1.807, 2.05) is 0 Å². The monoisotopic (exact) mass is 321 g/mol. The molecule has 1 aromatic rings. The van der Waals surface area contributed by atoms with Crippen LogP contribution in [-0.4, -0.2) is 41.3 Å². The number of aromatic amines is 1. The number of aromatic nitrogens is 2. The molecule has 0 aliphatic carbocycles. The molecule has 7 heteroatoms. The van der Waals surface area contributed by atoms with Crippen molar-refractivity contribution in [2.45, 2.75) is 24.3 Å². The van der Waals surface area contributed by atoms with E-state index in [1.54, 1.807) is 4.31 Å². The SMILES string of the molecule is O=S(=O)(c1ccn[nH]1)N1CCCC(CCBr)C1. The number of nitrogens with one attached hydrogen (secondary N) is 1. The van der Waals surface area contributed by atoms with E-state index >= 15 is 0 Å². The summed E-state index contributed by atoms with van der Waals surface area (Å²) in [5, 5.41) is 7.35. The van der Waals surface area contributed by atoms with Gasteiger partial charge in [0.2, 0.25) is 0 Å². The van der Waals surface area contributed by atoms with Crippen molar-refractivity contribution in [3.8, 4) is 0 Å². The summed E-state index contributed by atoms with van der Waals surface area (Å²) in [6.07, 6.45) is 4.54. The third-order valence-corrected chi connectivity index (χ3v) is 5.34. The van der Waals surface area contributed by atoms with Crippen molar-refractivity contribution < 1.29 is 8.42 Å². The van der Waals surface area contributed by atoms with Gasteiger partial charge in [0.05, 0.1) is 6.20 Å². The van der Waals surface area contributed by atoms with Gasteiger partial charge >= 0.3 is 0 Å². The molecule has 1 aliphatic rings. The zero-order valence-corrected chi connectivity index (χ0v) is 11.9. The number of hydrogen-bond acceptors (Lipinski definition) is 3. The van der Waals surface area contributed by atoms with Gasteiger partial charge in [-0.3, -0.25) is 5.10 Å².